The van der Waals surface area contributed by atoms with Crippen molar-refractivity contribution in [3.63, 3.8) is 0 Å². The van der Waals surface area contributed by atoms with Gasteiger partial charge < -0.3 is 9.47 Å². The first-order valence-corrected chi connectivity index (χ1v) is 9.58. The average Bonchev–Trinajstić information content (AvgIpc) is 2.91. The Kier molecular flexibility index (Phi) is 5.22. The molecule has 1 aromatic rings. The summed E-state index contributed by atoms with van der Waals surface area (Å²) in [4.78, 5) is 23.7. The number of ketones is 1. The van der Waals surface area contributed by atoms with Crippen LogP contribution in [0.25, 0.3) is 5.57 Å². The molecule has 0 saturated carbocycles. The maximum absolute atomic E-state index is 12.1. The van der Waals surface area contributed by atoms with Gasteiger partial charge in [-0.25, -0.2) is 4.79 Å². The average molecular weight is 356 g/mol. The zero-order chi connectivity index (χ0) is 18.9. The van der Waals surface area contributed by atoms with Gasteiger partial charge in [0, 0.05) is 11.8 Å². The Balaban J connectivity index is 1.98. The van der Waals surface area contributed by atoms with Gasteiger partial charge >= 0.3 is 5.97 Å². The Morgan fingerprint density at radius 2 is 2.00 bits per heavy atom. The van der Waals surface area contributed by atoms with Gasteiger partial charge in [0.2, 0.25) is 0 Å². The summed E-state index contributed by atoms with van der Waals surface area (Å²) in [5.41, 5.74) is 5.96. The third-order valence-corrected chi connectivity index (χ3v) is 5.84. The molecule has 2 aliphatic carbocycles. The number of carbonyl (C=O) groups excluding carboxylic acids is 2. The van der Waals surface area contributed by atoms with Crippen LogP contribution in [0.3, 0.4) is 0 Å². The second kappa shape index (κ2) is 7.26. The van der Waals surface area contributed by atoms with E-state index in [2.05, 4.69) is 19.9 Å². The maximum Gasteiger partial charge on any atom is 0.344 e. The van der Waals surface area contributed by atoms with E-state index >= 15 is 0 Å². The van der Waals surface area contributed by atoms with Crippen LogP contribution < -0.4 is 4.74 Å². The summed E-state index contributed by atoms with van der Waals surface area (Å²) in [5.74, 6) is 0.625. The maximum atomic E-state index is 12.1. The standard InChI is InChI=1S/C22H28O4/c1-5-8-22-9-7-17(23)11-18(22)21-15(4)14(3)19(10-16(21)12-22)26-13-20(24)25-6-2/h10-11H,5-9,12-13H2,1-4H3. The lowest BCUT2D eigenvalue weighted by Crippen LogP contribution is -2.25. The quantitative estimate of drug-likeness (QED) is 0.712. The van der Waals surface area contributed by atoms with Crippen LogP contribution in [0.15, 0.2) is 12.1 Å². The molecule has 4 heteroatoms. The zero-order valence-corrected chi connectivity index (χ0v) is 16.2. The zero-order valence-electron chi connectivity index (χ0n) is 16.2. The van der Waals surface area contributed by atoms with Crippen molar-refractivity contribution >= 4 is 17.3 Å². The number of ether oxygens (including phenoxy) is 2. The van der Waals surface area contributed by atoms with Crippen molar-refractivity contribution in [3.05, 3.63) is 34.4 Å². The summed E-state index contributed by atoms with van der Waals surface area (Å²) in [7, 11) is 0. The molecule has 0 amide bonds. The molecule has 2 aliphatic rings. The van der Waals surface area contributed by atoms with E-state index in [1.807, 2.05) is 13.0 Å². The van der Waals surface area contributed by atoms with Gasteiger partial charge in [-0.3, -0.25) is 4.79 Å². The molecule has 0 radical (unpaired) electrons. The van der Waals surface area contributed by atoms with Crippen molar-refractivity contribution in [2.24, 2.45) is 5.41 Å². The minimum atomic E-state index is -0.352. The summed E-state index contributed by atoms with van der Waals surface area (Å²) in [6, 6.07) is 2.07. The topological polar surface area (TPSA) is 52.6 Å². The number of benzene rings is 1. The number of esters is 1. The highest BCUT2D eigenvalue weighted by Crippen LogP contribution is 2.56. The molecule has 1 unspecified atom stereocenters. The Morgan fingerprint density at radius 3 is 2.69 bits per heavy atom. The molecule has 1 aromatic carbocycles. The lowest BCUT2D eigenvalue weighted by atomic mass is 9.69. The van der Waals surface area contributed by atoms with E-state index in [0.717, 1.165) is 42.6 Å². The van der Waals surface area contributed by atoms with Gasteiger partial charge in [-0.2, -0.15) is 0 Å². The monoisotopic (exact) mass is 356 g/mol. The molecule has 0 heterocycles. The van der Waals surface area contributed by atoms with Crippen LogP contribution in [0.4, 0.5) is 0 Å². The fourth-order valence-corrected chi connectivity index (χ4v) is 4.55. The number of hydrogen-bond acceptors (Lipinski definition) is 4. The normalized spacial score (nSPS) is 21.1. The van der Waals surface area contributed by atoms with E-state index < -0.39 is 0 Å². The highest BCUT2D eigenvalue weighted by molar-refractivity contribution is 6.01. The molecule has 140 valence electrons. The molecule has 0 N–H and O–H groups in total. The van der Waals surface area contributed by atoms with Gasteiger partial charge in [0.25, 0.3) is 0 Å². The van der Waals surface area contributed by atoms with E-state index in [4.69, 9.17) is 9.47 Å². The predicted octanol–water partition coefficient (Wildman–Crippen LogP) is 4.33. The van der Waals surface area contributed by atoms with Crippen molar-refractivity contribution < 1.29 is 19.1 Å². The Bertz CT molecular complexity index is 775. The Morgan fingerprint density at radius 1 is 1.23 bits per heavy atom. The Labute approximate surface area is 155 Å². The Hall–Kier alpha value is -2.10. The van der Waals surface area contributed by atoms with Crippen molar-refractivity contribution in [1.82, 2.24) is 0 Å². The molecule has 4 nitrogen and oxygen atoms in total. The van der Waals surface area contributed by atoms with Crippen molar-refractivity contribution in [2.45, 2.75) is 59.8 Å². The molecular formula is C22H28O4. The first-order chi connectivity index (χ1) is 12.4. The molecule has 0 spiro atoms. The molecule has 1 atom stereocenters. The molecule has 0 saturated heterocycles. The highest BCUT2D eigenvalue weighted by Gasteiger charge is 2.44. The van der Waals surface area contributed by atoms with Crippen LogP contribution in [0, 0.1) is 19.3 Å². The fourth-order valence-electron chi connectivity index (χ4n) is 4.55. The van der Waals surface area contributed by atoms with Gasteiger partial charge in [0.05, 0.1) is 6.61 Å². The van der Waals surface area contributed by atoms with Crippen LogP contribution in [-0.4, -0.2) is 25.0 Å². The summed E-state index contributed by atoms with van der Waals surface area (Å²) in [5, 5.41) is 0. The van der Waals surface area contributed by atoms with Gasteiger partial charge in [-0.05, 0) is 80.0 Å². The predicted molar refractivity (Wildman–Crippen MR) is 101 cm³/mol. The van der Waals surface area contributed by atoms with Crippen LogP contribution in [0.2, 0.25) is 0 Å². The van der Waals surface area contributed by atoms with Gasteiger partial charge in [-0.15, -0.1) is 0 Å². The molecule has 0 aliphatic heterocycles. The van der Waals surface area contributed by atoms with Crippen molar-refractivity contribution in [1.29, 1.82) is 0 Å². The first-order valence-electron chi connectivity index (χ1n) is 9.58. The summed E-state index contributed by atoms with van der Waals surface area (Å²) in [6.45, 7) is 8.37. The molecule has 0 aromatic heterocycles. The van der Waals surface area contributed by atoms with Gasteiger partial charge in [-0.1, -0.05) is 13.3 Å². The summed E-state index contributed by atoms with van der Waals surface area (Å²) in [6.07, 6.45) is 6.60. The van der Waals surface area contributed by atoms with Crippen molar-refractivity contribution in [2.75, 3.05) is 13.2 Å². The number of rotatable bonds is 6. The largest absolute Gasteiger partial charge is 0.482 e. The molecule has 0 bridgehead atoms. The summed E-state index contributed by atoms with van der Waals surface area (Å²) < 4.78 is 10.7. The van der Waals surface area contributed by atoms with Gasteiger partial charge in [0.15, 0.2) is 12.4 Å². The first kappa shape index (κ1) is 18.7. The number of fused-ring (bicyclic) bond motifs is 3. The molecule has 26 heavy (non-hydrogen) atoms. The van der Waals surface area contributed by atoms with E-state index in [1.54, 1.807) is 6.92 Å². The van der Waals surface area contributed by atoms with E-state index in [9.17, 15) is 9.59 Å². The SMILES string of the molecule is CCCC12CCC(=O)C=C1c1c(cc(OCC(=O)OCC)c(C)c1C)C2. The third kappa shape index (κ3) is 3.17. The summed E-state index contributed by atoms with van der Waals surface area (Å²) >= 11 is 0. The third-order valence-electron chi connectivity index (χ3n) is 5.84. The van der Waals surface area contributed by atoms with Crippen LogP contribution in [0.1, 0.15) is 61.8 Å². The molecule has 3 rings (SSSR count). The molecular weight excluding hydrogens is 328 g/mol. The van der Waals surface area contributed by atoms with Crippen molar-refractivity contribution in [3.8, 4) is 5.75 Å². The van der Waals surface area contributed by atoms with E-state index in [-0.39, 0.29) is 23.8 Å². The molecule has 0 fully saturated rings. The van der Waals surface area contributed by atoms with E-state index in [1.165, 1.54) is 16.7 Å². The second-order valence-corrected chi connectivity index (χ2v) is 7.48. The van der Waals surface area contributed by atoms with Crippen LogP contribution in [-0.2, 0) is 20.7 Å². The minimum absolute atomic E-state index is 0.0752. The van der Waals surface area contributed by atoms with E-state index in [0.29, 0.717) is 13.0 Å². The smallest absolute Gasteiger partial charge is 0.344 e. The van der Waals surface area contributed by atoms with Crippen LogP contribution in [0.5, 0.6) is 5.75 Å². The highest BCUT2D eigenvalue weighted by atomic mass is 16.6. The number of hydrogen-bond donors (Lipinski definition) is 0. The fraction of sp³-hybridized carbons (Fsp3) is 0.545. The number of allylic oxidation sites excluding steroid dienone is 2. The second-order valence-electron chi connectivity index (χ2n) is 7.48. The lowest BCUT2D eigenvalue weighted by molar-refractivity contribution is -0.145. The lowest BCUT2D eigenvalue weighted by Gasteiger charge is -2.34. The minimum Gasteiger partial charge on any atom is -0.482 e. The number of carbonyl (C=O) groups is 2. The van der Waals surface area contributed by atoms with Crippen LogP contribution >= 0.6 is 0 Å². The van der Waals surface area contributed by atoms with Gasteiger partial charge in [0.1, 0.15) is 5.75 Å².